The van der Waals surface area contributed by atoms with Crippen molar-refractivity contribution in [3.05, 3.63) is 94.8 Å². The number of amides is 3. The van der Waals surface area contributed by atoms with Crippen LogP contribution < -0.4 is 21.3 Å². The Morgan fingerprint density at radius 3 is 2.42 bits per heavy atom. The van der Waals surface area contributed by atoms with Crippen LogP contribution in [0, 0.1) is 11.3 Å². The van der Waals surface area contributed by atoms with Gasteiger partial charge in [-0.1, -0.05) is 41.7 Å². The van der Waals surface area contributed by atoms with Crippen molar-refractivity contribution in [3.8, 4) is 0 Å². The standard InChI is InChI=1S/C31H29F4N7O2S/c1-30(36,41-37)40-27(43)21-9-7-18(8-10-21)17-42(23-13-11-20(12-14-23)19-5-3-2-4-6-19)29(44)39-28-38-25-16-22(32)15-24(26(25)45-28)31(33,34)35/h5,7-16,37H,2-4,6,17,36H2,1H3,(H,40,43)(H,38,39,44). The van der Waals surface area contributed by atoms with Crippen molar-refractivity contribution in [2.75, 3.05) is 10.2 Å². The van der Waals surface area contributed by atoms with Gasteiger partial charge in [0, 0.05) is 17.3 Å². The third-order valence-corrected chi connectivity index (χ3v) is 8.24. The van der Waals surface area contributed by atoms with Gasteiger partial charge in [-0.2, -0.15) is 18.3 Å². The van der Waals surface area contributed by atoms with Crippen LogP contribution in [-0.2, 0) is 12.7 Å². The van der Waals surface area contributed by atoms with Crippen molar-refractivity contribution in [2.24, 2.45) is 10.8 Å². The molecule has 1 aliphatic carbocycles. The van der Waals surface area contributed by atoms with E-state index in [0.29, 0.717) is 28.7 Å². The van der Waals surface area contributed by atoms with E-state index in [9.17, 15) is 27.2 Å². The fourth-order valence-electron chi connectivity index (χ4n) is 4.93. The third kappa shape index (κ3) is 7.52. The van der Waals surface area contributed by atoms with Crippen LogP contribution in [-0.4, -0.2) is 22.7 Å². The van der Waals surface area contributed by atoms with Gasteiger partial charge in [-0.05, 0) is 79.6 Å². The molecule has 1 atom stereocenters. The molecule has 0 saturated heterocycles. The van der Waals surface area contributed by atoms with E-state index in [1.165, 1.54) is 29.5 Å². The Kier molecular flexibility index (Phi) is 8.98. The number of allylic oxidation sites excluding steroid dienone is 2. The number of halogens is 4. The van der Waals surface area contributed by atoms with E-state index in [-0.39, 0.29) is 27.5 Å². The highest BCUT2D eigenvalue weighted by Gasteiger charge is 2.35. The molecule has 1 heterocycles. The average Bonchev–Trinajstić information content (AvgIpc) is 3.41. The van der Waals surface area contributed by atoms with Gasteiger partial charge >= 0.3 is 12.2 Å². The Morgan fingerprint density at radius 2 is 1.80 bits per heavy atom. The number of carbonyl (C=O) groups excluding carboxylic acids is 2. The third-order valence-electron chi connectivity index (χ3n) is 7.22. The SMILES string of the molecule is CC(N)(N=N)NC(=O)c1ccc(CN(C(=O)Nc2nc3cc(F)cc(C(F)(F)F)c3s2)c2ccc(C3=CCCCC3)cc2)cc1. The fourth-order valence-corrected chi connectivity index (χ4v) is 5.90. The van der Waals surface area contributed by atoms with Crippen LogP contribution in [0.4, 0.5) is 33.2 Å². The zero-order chi connectivity index (χ0) is 32.4. The molecule has 0 radical (unpaired) electrons. The average molecular weight is 640 g/mol. The molecule has 0 spiro atoms. The maximum Gasteiger partial charge on any atom is 0.417 e. The lowest BCUT2D eigenvalue weighted by Gasteiger charge is -2.24. The van der Waals surface area contributed by atoms with Crippen molar-refractivity contribution in [3.63, 3.8) is 0 Å². The Bertz CT molecular complexity index is 1770. The maximum absolute atomic E-state index is 14.0. The number of fused-ring (bicyclic) bond motifs is 1. The first-order valence-corrected chi connectivity index (χ1v) is 14.8. The molecule has 3 aromatic carbocycles. The summed E-state index contributed by atoms with van der Waals surface area (Å²) in [6, 6.07) is 14.3. The number of nitrogens with one attached hydrogen (secondary N) is 3. The van der Waals surface area contributed by atoms with Crippen LogP contribution in [0.2, 0.25) is 0 Å². The number of urea groups is 1. The van der Waals surface area contributed by atoms with Gasteiger partial charge in [0.05, 0.1) is 22.3 Å². The van der Waals surface area contributed by atoms with Crippen molar-refractivity contribution < 1.29 is 27.2 Å². The van der Waals surface area contributed by atoms with Gasteiger partial charge in [-0.3, -0.25) is 20.7 Å². The van der Waals surface area contributed by atoms with Crippen molar-refractivity contribution in [1.29, 1.82) is 5.53 Å². The highest BCUT2D eigenvalue weighted by Crippen LogP contribution is 2.39. The second-order valence-corrected chi connectivity index (χ2v) is 11.8. The second kappa shape index (κ2) is 12.7. The first-order chi connectivity index (χ1) is 21.3. The Labute approximate surface area is 259 Å². The normalized spacial score (nSPS) is 14.8. The van der Waals surface area contributed by atoms with Crippen LogP contribution in [0.25, 0.3) is 15.8 Å². The summed E-state index contributed by atoms with van der Waals surface area (Å²) in [4.78, 5) is 31.6. The van der Waals surface area contributed by atoms with Gasteiger partial charge in [0.15, 0.2) is 5.13 Å². The molecule has 9 nitrogen and oxygen atoms in total. The van der Waals surface area contributed by atoms with Gasteiger partial charge in [-0.25, -0.2) is 19.7 Å². The van der Waals surface area contributed by atoms with E-state index < -0.39 is 35.3 Å². The van der Waals surface area contributed by atoms with E-state index in [1.54, 1.807) is 24.3 Å². The van der Waals surface area contributed by atoms with Crippen LogP contribution in [0.3, 0.4) is 0 Å². The lowest BCUT2D eigenvalue weighted by Crippen LogP contribution is -2.51. The molecule has 0 saturated carbocycles. The van der Waals surface area contributed by atoms with Gasteiger partial charge in [0.2, 0.25) is 5.79 Å². The van der Waals surface area contributed by atoms with Crippen molar-refractivity contribution >= 4 is 49.9 Å². The number of benzene rings is 3. The molecule has 234 valence electrons. The number of nitrogens with zero attached hydrogens (tertiary/aromatic N) is 3. The molecule has 45 heavy (non-hydrogen) atoms. The minimum atomic E-state index is -4.81. The monoisotopic (exact) mass is 639 g/mol. The topological polar surface area (TPSA) is 137 Å². The first-order valence-electron chi connectivity index (χ1n) is 14.0. The molecule has 0 bridgehead atoms. The molecule has 4 aromatic rings. The van der Waals surface area contributed by atoms with E-state index in [0.717, 1.165) is 37.3 Å². The summed E-state index contributed by atoms with van der Waals surface area (Å²) in [5, 5.41) is 8.03. The number of nitrogens with two attached hydrogens (primary N) is 1. The number of hydrogen-bond acceptors (Lipinski definition) is 7. The Morgan fingerprint density at radius 1 is 1.09 bits per heavy atom. The van der Waals surface area contributed by atoms with Gasteiger partial charge < -0.3 is 5.32 Å². The highest BCUT2D eigenvalue weighted by molar-refractivity contribution is 7.22. The predicted octanol–water partition coefficient (Wildman–Crippen LogP) is 8.04. The predicted molar refractivity (Wildman–Crippen MR) is 164 cm³/mol. The number of alkyl halides is 3. The van der Waals surface area contributed by atoms with E-state index in [2.05, 4.69) is 26.8 Å². The molecule has 3 amide bonds. The summed E-state index contributed by atoms with van der Waals surface area (Å²) >= 11 is 0.600. The second-order valence-electron chi connectivity index (χ2n) is 10.8. The van der Waals surface area contributed by atoms with Gasteiger partial charge in [0.1, 0.15) is 5.82 Å². The lowest BCUT2D eigenvalue weighted by atomic mass is 9.93. The van der Waals surface area contributed by atoms with Crippen LogP contribution in [0.1, 0.15) is 59.7 Å². The number of carbonyl (C=O) groups is 2. The molecule has 1 aromatic heterocycles. The number of aromatic nitrogens is 1. The summed E-state index contributed by atoms with van der Waals surface area (Å²) in [5.41, 5.74) is 15.1. The molecular formula is C31H29F4N7O2S. The number of thiazole rings is 1. The molecule has 1 aliphatic rings. The van der Waals surface area contributed by atoms with Crippen LogP contribution >= 0.6 is 11.3 Å². The molecular weight excluding hydrogens is 610 g/mol. The number of anilines is 2. The van der Waals surface area contributed by atoms with E-state index in [4.69, 9.17) is 11.3 Å². The van der Waals surface area contributed by atoms with Gasteiger partial charge in [-0.15, -0.1) is 0 Å². The molecule has 5 rings (SSSR count). The molecule has 0 aliphatic heterocycles. The highest BCUT2D eigenvalue weighted by atomic mass is 32.1. The maximum atomic E-state index is 14.0. The quantitative estimate of drug-likeness (QED) is 0.0881. The minimum absolute atomic E-state index is 0.0275. The summed E-state index contributed by atoms with van der Waals surface area (Å²) in [6.45, 7) is 1.39. The van der Waals surface area contributed by atoms with Crippen LogP contribution in [0.5, 0.6) is 0 Å². The molecule has 0 fully saturated rings. The summed E-state index contributed by atoms with van der Waals surface area (Å²) < 4.78 is 54.4. The van der Waals surface area contributed by atoms with Crippen molar-refractivity contribution in [1.82, 2.24) is 10.3 Å². The zero-order valence-electron chi connectivity index (χ0n) is 24.0. The molecule has 14 heteroatoms. The van der Waals surface area contributed by atoms with Crippen LogP contribution in [0.15, 0.2) is 71.9 Å². The zero-order valence-corrected chi connectivity index (χ0v) is 24.9. The fraction of sp³-hybridized carbons (Fsp3) is 0.258. The summed E-state index contributed by atoms with van der Waals surface area (Å²) in [7, 11) is 0. The first kappa shape index (κ1) is 31.7. The number of rotatable bonds is 8. The summed E-state index contributed by atoms with van der Waals surface area (Å²) in [6.07, 6.45) is 1.60. The lowest BCUT2D eigenvalue weighted by molar-refractivity contribution is -0.136. The van der Waals surface area contributed by atoms with E-state index in [1.807, 2.05) is 12.1 Å². The summed E-state index contributed by atoms with van der Waals surface area (Å²) in [5.74, 6) is -3.21. The van der Waals surface area contributed by atoms with Crippen molar-refractivity contribution in [2.45, 2.75) is 51.1 Å². The Hall–Kier alpha value is -4.69. The van der Waals surface area contributed by atoms with Gasteiger partial charge in [0.25, 0.3) is 5.91 Å². The smallest absolute Gasteiger partial charge is 0.314 e. The molecule has 1 unspecified atom stereocenters. The largest absolute Gasteiger partial charge is 0.417 e. The number of hydrogen-bond donors (Lipinski definition) is 4. The minimum Gasteiger partial charge on any atom is -0.314 e. The van der Waals surface area contributed by atoms with E-state index >= 15 is 0 Å². The molecule has 5 N–H and O–H groups in total. The Balaban J connectivity index is 1.43.